The highest BCUT2D eigenvalue weighted by Gasteiger charge is 2.26. The van der Waals surface area contributed by atoms with Crippen LogP contribution in [0.25, 0.3) is 10.9 Å². The van der Waals surface area contributed by atoms with Crippen molar-refractivity contribution in [3.8, 4) is 0 Å². The van der Waals surface area contributed by atoms with Crippen LogP contribution in [0.3, 0.4) is 0 Å². The van der Waals surface area contributed by atoms with Gasteiger partial charge in [0, 0.05) is 11.8 Å². The molecule has 0 aliphatic heterocycles. The summed E-state index contributed by atoms with van der Waals surface area (Å²) in [6, 6.07) is 12.1. The van der Waals surface area contributed by atoms with E-state index >= 15 is 0 Å². The Balaban J connectivity index is 1.77. The van der Waals surface area contributed by atoms with E-state index in [-0.39, 0.29) is 27.5 Å². The van der Waals surface area contributed by atoms with Gasteiger partial charge in [-0.05, 0) is 35.9 Å². The van der Waals surface area contributed by atoms with Crippen molar-refractivity contribution in [3.63, 3.8) is 0 Å². The highest BCUT2D eigenvalue weighted by Crippen LogP contribution is 2.27. The molecule has 158 valence electrons. The molecule has 0 radical (unpaired) electrons. The molecule has 3 aromatic carbocycles. The van der Waals surface area contributed by atoms with Gasteiger partial charge in [0.25, 0.3) is 10.0 Å². The minimum atomic E-state index is -4.41. The van der Waals surface area contributed by atoms with E-state index in [2.05, 4.69) is 5.10 Å². The Morgan fingerprint density at radius 1 is 1.00 bits per heavy atom. The second-order valence-electron chi connectivity index (χ2n) is 6.63. The van der Waals surface area contributed by atoms with Gasteiger partial charge in [0.15, 0.2) is 11.6 Å². The van der Waals surface area contributed by atoms with Crippen molar-refractivity contribution in [2.45, 2.75) is 11.3 Å². The molecule has 0 aliphatic carbocycles. The number of halogens is 4. The number of rotatable bonds is 5. The van der Waals surface area contributed by atoms with Crippen LogP contribution in [-0.2, 0) is 16.4 Å². The highest BCUT2D eigenvalue weighted by molar-refractivity contribution is 7.90. The number of fused-ring (bicyclic) bond motifs is 1. The number of ketones is 1. The van der Waals surface area contributed by atoms with Crippen molar-refractivity contribution in [2.75, 3.05) is 0 Å². The van der Waals surface area contributed by atoms with Gasteiger partial charge in [0.1, 0.15) is 10.7 Å². The fraction of sp³-hybridized carbons (Fsp3) is 0.0476. The van der Waals surface area contributed by atoms with Gasteiger partial charge in [0.2, 0.25) is 0 Å². The van der Waals surface area contributed by atoms with Crippen LogP contribution < -0.4 is 0 Å². The third kappa shape index (κ3) is 3.82. The molecular weight excluding hydrogens is 469 g/mol. The van der Waals surface area contributed by atoms with Gasteiger partial charge in [0.05, 0.1) is 27.3 Å². The van der Waals surface area contributed by atoms with Gasteiger partial charge < -0.3 is 0 Å². The first-order valence-corrected chi connectivity index (χ1v) is 11.0. The number of nitrogens with zero attached hydrogens (tertiary/aromatic N) is 2. The predicted octanol–water partition coefficient (Wildman–Crippen LogP) is 5.28. The molecule has 0 atom stereocenters. The normalized spacial score (nSPS) is 11.7. The first kappa shape index (κ1) is 21.4. The summed E-state index contributed by atoms with van der Waals surface area (Å²) < 4.78 is 55.1. The molecule has 0 bridgehead atoms. The van der Waals surface area contributed by atoms with Crippen LogP contribution in [0.2, 0.25) is 10.0 Å². The summed E-state index contributed by atoms with van der Waals surface area (Å²) in [7, 11) is -4.41. The lowest BCUT2D eigenvalue weighted by atomic mass is 10.0. The summed E-state index contributed by atoms with van der Waals surface area (Å²) in [5.74, 6) is -2.41. The van der Waals surface area contributed by atoms with E-state index in [1.807, 2.05) is 0 Å². The number of Topliss-reactive ketones (excluding diaryl/α,β-unsaturated/α-hetero) is 1. The van der Waals surface area contributed by atoms with Gasteiger partial charge in [-0.1, -0.05) is 47.5 Å². The topological polar surface area (TPSA) is 69.0 Å². The maximum atomic E-state index is 14.4. The van der Waals surface area contributed by atoms with Crippen molar-refractivity contribution < 1.29 is 22.0 Å². The summed E-state index contributed by atoms with van der Waals surface area (Å²) in [6.45, 7) is 0. The van der Waals surface area contributed by atoms with E-state index < -0.39 is 32.3 Å². The molecular formula is C21H12Cl2F2N2O3S. The predicted molar refractivity (Wildman–Crippen MR) is 113 cm³/mol. The van der Waals surface area contributed by atoms with Crippen molar-refractivity contribution in [1.29, 1.82) is 0 Å². The zero-order valence-electron chi connectivity index (χ0n) is 15.5. The van der Waals surface area contributed by atoms with E-state index in [0.29, 0.717) is 15.0 Å². The van der Waals surface area contributed by atoms with Crippen LogP contribution in [0, 0.1) is 11.6 Å². The molecule has 1 aromatic heterocycles. The summed E-state index contributed by atoms with van der Waals surface area (Å²) in [6.07, 6.45) is 1.07. The van der Waals surface area contributed by atoms with E-state index in [1.54, 1.807) is 12.1 Å². The molecule has 4 rings (SSSR count). The number of carbonyl (C=O) groups is 1. The number of aromatic nitrogens is 2. The minimum absolute atomic E-state index is 0.0184. The monoisotopic (exact) mass is 480 g/mol. The molecule has 0 fully saturated rings. The first-order valence-electron chi connectivity index (χ1n) is 8.83. The van der Waals surface area contributed by atoms with Crippen molar-refractivity contribution in [1.82, 2.24) is 9.19 Å². The fourth-order valence-electron chi connectivity index (χ4n) is 3.16. The third-order valence-electron chi connectivity index (χ3n) is 4.63. The summed E-state index contributed by atoms with van der Waals surface area (Å²) in [4.78, 5) is 12.0. The molecule has 0 amide bonds. The molecule has 0 saturated heterocycles. The lowest BCUT2D eigenvalue weighted by Gasteiger charge is -2.09. The molecule has 31 heavy (non-hydrogen) atoms. The van der Waals surface area contributed by atoms with E-state index in [0.717, 1.165) is 12.1 Å². The number of hydrogen-bond acceptors (Lipinski definition) is 4. The molecule has 0 unspecified atom stereocenters. The molecule has 4 aromatic rings. The molecule has 10 heteroatoms. The van der Waals surface area contributed by atoms with Gasteiger partial charge in [-0.3, -0.25) is 4.79 Å². The van der Waals surface area contributed by atoms with Gasteiger partial charge in [-0.2, -0.15) is 17.6 Å². The number of carbonyl (C=O) groups excluding carboxylic acids is 1. The Labute approximate surface area is 185 Å². The largest absolute Gasteiger partial charge is 0.294 e. The molecule has 1 heterocycles. The third-order valence-corrected chi connectivity index (χ3v) is 6.85. The van der Waals surface area contributed by atoms with Gasteiger partial charge >= 0.3 is 0 Å². The molecule has 0 N–H and O–H groups in total. The average Bonchev–Trinajstić information content (AvgIpc) is 3.14. The number of benzene rings is 3. The molecule has 0 aliphatic rings. The minimum Gasteiger partial charge on any atom is -0.294 e. The Hall–Kier alpha value is -2.81. The lowest BCUT2D eigenvalue weighted by molar-refractivity contribution is 0.0989. The standard InChI is InChI=1S/C21H12Cl2F2N2O3S/c22-14-3-1-5-16(24)20(14)18(28)10-12-7-8-13-11-26-27(17(13)9-12)31(29,30)19-6-2-4-15(23)21(19)25/h1-9,11H,10H2. The first-order chi connectivity index (χ1) is 14.7. The summed E-state index contributed by atoms with van der Waals surface area (Å²) in [5.41, 5.74) is 0.288. The number of hydrogen-bond donors (Lipinski definition) is 0. The van der Waals surface area contributed by atoms with Crippen LogP contribution in [-0.4, -0.2) is 23.4 Å². The second kappa shape index (κ2) is 8.03. The van der Waals surface area contributed by atoms with Crippen molar-refractivity contribution in [3.05, 3.63) is 93.6 Å². The molecule has 0 spiro atoms. The SMILES string of the molecule is O=C(Cc1ccc2cnn(S(=O)(=O)c3cccc(Cl)c3F)c2c1)c1c(F)cccc1Cl. The molecule has 5 nitrogen and oxygen atoms in total. The Morgan fingerprint density at radius 3 is 2.45 bits per heavy atom. The average molecular weight is 481 g/mol. The lowest BCUT2D eigenvalue weighted by Crippen LogP contribution is -2.16. The van der Waals surface area contributed by atoms with E-state index in [1.165, 1.54) is 36.5 Å². The smallest absolute Gasteiger partial charge is 0.286 e. The Morgan fingerprint density at radius 2 is 1.71 bits per heavy atom. The van der Waals surface area contributed by atoms with Crippen LogP contribution in [0.15, 0.2) is 65.7 Å². The second-order valence-corrected chi connectivity index (χ2v) is 9.18. The summed E-state index contributed by atoms with van der Waals surface area (Å²) >= 11 is 11.7. The zero-order valence-corrected chi connectivity index (χ0v) is 17.8. The fourth-order valence-corrected chi connectivity index (χ4v) is 5.02. The van der Waals surface area contributed by atoms with Gasteiger partial charge in [-0.15, -0.1) is 0 Å². The van der Waals surface area contributed by atoms with Crippen LogP contribution in [0.1, 0.15) is 15.9 Å². The Bertz CT molecular complexity index is 1430. The van der Waals surface area contributed by atoms with E-state index in [9.17, 15) is 22.0 Å². The van der Waals surface area contributed by atoms with Crippen LogP contribution in [0.5, 0.6) is 0 Å². The van der Waals surface area contributed by atoms with Crippen LogP contribution >= 0.6 is 23.2 Å². The van der Waals surface area contributed by atoms with E-state index in [4.69, 9.17) is 23.2 Å². The van der Waals surface area contributed by atoms with Gasteiger partial charge in [-0.25, -0.2) is 8.78 Å². The summed E-state index contributed by atoms with van der Waals surface area (Å²) in [5, 5.41) is 3.96. The quantitative estimate of drug-likeness (QED) is 0.364. The Kier molecular flexibility index (Phi) is 5.55. The highest BCUT2D eigenvalue weighted by atomic mass is 35.5. The van der Waals surface area contributed by atoms with Crippen LogP contribution in [0.4, 0.5) is 8.78 Å². The molecule has 0 saturated carbocycles. The zero-order chi connectivity index (χ0) is 22.3. The van der Waals surface area contributed by atoms with Crippen molar-refractivity contribution >= 4 is 49.9 Å². The van der Waals surface area contributed by atoms with Crippen molar-refractivity contribution in [2.24, 2.45) is 0 Å². The maximum absolute atomic E-state index is 14.4. The maximum Gasteiger partial charge on any atom is 0.286 e.